The molecule has 1 aliphatic carbocycles. The Kier molecular flexibility index (Phi) is 3.22. The highest BCUT2D eigenvalue weighted by Crippen LogP contribution is 2.35. The molecule has 0 saturated heterocycles. The van der Waals surface area contributed by atoms with Gasteiger partial charge in [-0.2, -0.15) is 0 Å². The second-order valence-electron chi connectivity index (χ2n) is 4.84. The van der Waals surface area contributed by atoms with Crippen LogP contribution in [-0.2, 0) is 6.42 Å². The lowest BCUT2D eigenvalue weighted by Crippen LogP contribution is -2.23. The average molecular weight is 274 g/mol. The van der Waals surface area contributed by atoms with Gasteiger partial charge in [0.05, 0.1) is 6.61 Å². The lowest BCUT2D eigenvalue weighted by Gasteiger charge is -2.29. The molecule has 1 unspecified atom stereocenters. The highest BCUT2D eigenvalue weighted by Gasteiger charge is 2.26. The highest BCUT2D eigenvalue weighted by atomic mass is 19.1. The van der Waals surface area contributed by atoms with Crippen LogP contribution in [-0.4, -0.2) is 12.9 Å². The van der Waals surface area contributed by atoms with E-state index in [1.165, 1.54) is 5.56 Å². The maximum atomic E-state index is 13.6. The smallest absolute Gasteiger partial charge is 0.190 e. The van der Waals surface area contributed by atoms with Crippen LogP contribution in [0.15, 0.2) is 36.4 Å². The molecular formula is C16H12F2O2. The summed E-state index contributed by atoms with van der Waals surface area (Å²) in [5.41, 5.74) is 2.37. The Hall–Kier alpha value is -2.23. The summed E-state index contributed by atoms with van der Waals surface area (Å²) in [5.74, 6) is -1.95. The highest BCUT2D eigenvalue weighted by molar-refractivity contribution is 5.75. The van der Waals surface area contributed by atoms with Crippen LogP contribution in [0.2, 0.25) is 0 Å². The van der Waals surface area contributed by atoms with Crippen LogP contribution < -0.4 is 4.74 Å². The summed E-state index contributed by atoms with van der Waals surface area (Å²) < 4.78 is 32.5. The van der Waals surface area contributed by atoms with Gasteiger partial charge >= 0.3 is 0 Å². The van der Waals surface area contributed by atoms with E-state index < -0.39 is 17.4 Å². The molecule has 0 N–H and O–H groups in total. The Labute approximate surface area is 115 Å². The van der Waals surface area contributed by atoms with Crippen LogP contribution in [0.4, 0.5) is 8.78 Å². The molecular weight excluding hydrogens is 262 g/mol. The zero-order valence-corrected chi connectivity index (χ0v) is 10.6. The lowest BCUT2D eigenvalue weighted by atomic mass is 9.78. The van der Waals surface area contributed by atoms with Crippen LogP contribution in [0.5, 0.6) is 5.75 Å². The third-order valence-corrected chi connectivity index (χ3v) is 3.55. The molecule has 4 heteroatoms. The minimum Gasteiger partial charge on any atom is -0.487 e. The molecule has 0 radical (unpaired) electrons. The molecule has 0 spiro atoms. The van der Waals surface area contributed by atoms with E-state index >= 15 is 0 Å². The Morgan fingerprint density at radius 1 is 1.20 bits per heavy atom. The summed E-state index contributed by atoms with van der Waals surface area (Å²) in [6.07, 6.45) is 1.25. The zero-order valence-electron chi connectivity index (χ0n) is 10.6. The molecule has 0 aliphatic heterocycles. The van der Waals surface area contributed by atoms with Crippen molar-refractivity contribution < 1.29 is 18.3 Å². The Balaban J connectivity index is 1.73. The first-order valence-electron chi connectivity index (χ1n) is 6.34. The van der Waals surface area contributed by atoms with Gasteiger partial charge in [-0.3, -0.25) is 4.79 Å². The normalized spacial score (nSPS) is 16.2. The summed E-state index contributed by atoms with van der Waals surface area (Å²) in [5, 5.41) is 0. The number of carbonyl (C=O) groups is 1. The molecule has 0 bridgehead atoms. The predicted molar refractivity (Wildman–Crippen MR) is 70.1 cm³/mol. The number of benzene rings is 2. The van der Waals surface area contributed by atoms with Crippen molar-refractivity contribution in [2.24, 2.45) is 0 Å². The van der Waals surface area contributed by atoms with Crippen LogP contribution in [0.3, 0.4) is 0 Å². The second kappa shape index (κ2) is 5.04. The van der Waals surface area contributed by atoms with Crippen LogP contribution in [0.25, 0.3) is 0 Å². The maximum absolute atomic E-state index is 13.6. The first kappa shape index (κ1) is 12.8. The van der Waals surface area contributed by atoms with Crippen molar-refractivity contribution in [1.29, 1.82) is 0 Å². The van der Waals surface area contributed by atoms with Gasteiger partial charge in [-0.05, 0) is 29.7 Å². The van der Waals surface area contributed by atoms with Gasteiger partial charge in [0.15, 0.2) is 17.4 Å². The van der Waals surface area contributed by atoms with Gasteiger partial charge in [0.2, 0.25) is 0 Å². The van der Waals surface area contributed by atoms with Gasteiger partial charge in [-0.15, -0.1) is 0 Å². The number of rotatable bonds is 4. The number of hydrogen-bond donors (Lipinski definition) is 0. The fourth-order valence-corrected chi connectivity index (χ4v) is 2.48. The standard InChI is InChI=1S/C16H12F2O2/c17-14-5-10(8-19)6-15(18)16(14)20-9-12-7-11-3-1-2-4-13(11)12/h1-6,8,12H,7,9H2. The van der Waals surface area contributed by atoms with Crippen LogP contribution >= 0.6 is 0 Å². The van der Waals surface area contributed by atoms with Gasteiger partial charge in [0.25, 0.3) is 0 Å². The van der Waals surface area contributed by atoms with E-state index in [0.717, 1.165) is 24.1 Å². The third kappa shape index (κ3) is 2.18. The largest absolute Gasteiger partial charge is 0.487 e. The molecule has 1 aliphatic rings. The number of halogens is 2. The Morgan fingerprint density at radius 3 is 2.55 bits per heavy atom. The molecule has 0 fully saturated rings. The molecule has 0 amide bonds. The first-order chi connectivity index (χ1) is 9.69. The Morgan fingerprint density at radius 2 is 1.90 bits per heavy atom. The molecule has 2 aromatic rings. The molecule has 1 atom stereocenters. The molecule has 2 nitrogen and oxygen atoms in total. The van der Waals surface area contributed by atoms with E-state index in [9.17, 15) is 13.6 Å². The maximum Gasteiger partial charge on any atom is 0.190 e. The molecule has 102 valence electrons. The number of hydrogen-bond acceptors (Lipinski definition) is 2. The van der Waals surface area contributed by atoms with Crippen molar-refractivity contribution in [1.82, 2.24) is 0 Å². The second-order valence-corrected chi connectivity index (χ2v) is 4.84. The van der Waals surface area contributed by atoms with Crippen molar-refractivity contribution in [2.75, 3.05) is 6.61 Å². The van der Waals surface area contributed by atoms with Crippen molar-refractivity contribution >= 4 is 6.29 Å². The topological polar surface area (TPSA) is 26.3 Å². The summed E-state index contributed by atoms with van der Waals surface area (Å²) in [6, 6.07) is 9.87. The van der Waals surface area contributed by atoms with Gasteiger partial charge in [-0.25, -0.2) is 8.78 Å². The van der Waals surface area contributed by atoms with E-state index in [1.54, 1.807) is 0 Å². The fraction of sp³-hybridized carbons (Fsp3) is 0.188. The molecule has 2 aromatic carbocycles. The minimum atomic E-state index is -0.847. The van der Waals surface area contributed by atoms with E-state index in [2.05, 4.69) is 0 Å². The van der Waals surface area contributed by atoms with E-state index in [1.807, 2.05) is 24.3 Å². The van der Waals surface area contributed by atoms with Gasteiger partial charge in [0.1, 0.15) is 6.29 Å². The molecule has 0 saturated carbocycles. The molecule has 20 heavy (non-hydrogen) atoms. The first-order valence-corrected chi connectivity index (χ1v) is 6.34. The van der Waals surface area contributed by atoms with Crippen molar-refractivity contribution in [2.45, 2.75) is 12.3 Å². The predicted octanol–water partition coefficient (Wildman–Crippen LogP) is 3.50. The Bertz CT molecular complexity index is 644. The molecule has 3 rings (SSSR count). The van der Waals surface area contributed by atoms with E-state index in [4.69, 9.17) is 4.74 Å². The van der Waals surface area contributed by atoms with Gasteiger partial charge in [0, 0.05) is 11.5 Å². The number of aldehydes is 1. The molecule has 0 aromatic heterocycles. The monoisotopic (exact) mass is 274 g/mol. The quantitative estimate of drug-likeness (QED) is 0.798. The number of fused-ring (bicyclic) bond motifs is 1. The van der Waals surface area contributed by atoms with Crippen molar-refractivity contribution in [3.05, 3.63) is 64.7 Å². The number of carbonyl (C=O) groups excluding carboxylic acids is 1. The summed E-state index contributed by atoms with van der Waals surface area (Å²) in [6.45, 7) is 0.227. The zero-order chi connectivity index (χ0) is 14.1. The van der Waals surface area contributed by atoms with Crippen LogP contribution in [0.1, 0.15) is 27.4 Å². The van der Waals surface area contributed by atoms with Gasteiger partial charge < -0.3 is 4.74 Å². The SMILES string of the molecule is O=Cc1cc(F)c(OCC2Cc3ccccc32)c(F)c1. The fourth-order valence-electron chi connectivity index (χ4n) is 2.48. The van der Waals surface area contributed by atoms with Gasteiger partial charge in [-0.1, -0.05) is 24.3 Å². The summed E-state index contributed by atoms with van der Waals surface area (Å²) >= 11 is 0. The van der Waals surface area contributed by atoms with Crippen molar-refractivity contribution in [3.63, 3.8) is 0 Å². The van der Waals surface area contributed by atoms with Crippen molar-refractivity contribution in [3.8, 4) is 5.75 Å². The summed E-state index contributed by atoms with van der Waals surface area (Å²) in [7, 11) is 0. The van der Waals surface area contributed by atoms with E-state index in [-0.39, 0.29) is 18.1 Å². The van der Waals surface area contributed by atoms with Crippen LogP contribution in [0, 0.1) is 11.6 Å². The summed E-state index contributed by atoms with van der Waals surface area (Å²) in [4.78, 5) is 10.5. The van der Waals surface area contributed by atoms with E-state index in [0.29, 0.717) is 6.29 Å². The average Bonchev–Trinajstić information content (AvgIpc) is 2.42. The minimum absolute atomic E-state index is 0.0404. The lowest BCUT2D eigenvalue weighted by molar-refractivity contribution is 0.112. The number of ether oxygens (including phenoxy) is 1. The molecule has 0 heterocycles. The third-order valence-electron chi connectivity index (χ3n) is 3.55.